The molecule has 4 heterocycles. The summed E-state index contributed by atoms with van der Waals surface area (Å²) in [6.07, 6.45) is 25.3. The van der Waals surface area contributed by atoms with Gasteiger partial charge in [-0.1, -0.05) is 87.4 Å². The fraction of sp³-hybridized carbons (Fsp3) is 0.833. The molecule has 16 atom stereocenters. The second-order valence-corrected chi connectivity index (χ2v) is 27.6. The Morgan fingerprint density at radius 2 is 1.06 bits per heavy atom. The highest BCUT2D eigenvalue weighted by molar-refractivity contribution is 14.1. The minimum atomic E-state index is -0.152. The standard InChI is InChI=1S/C38H58N6O2.C22H33IO2/c1-26-22-31-29-9-8-27-23-28(45)10-12-37(27,2)30(29)11-13-38(31,3)35(26)32(46)25-41-18-20-43(21-19-41)34-24-33(42-14-4-5-15-42)39-36(40-34)44-16-6-7-17-44;1-13-10-18-16-5-4-14-11-15(24)6-8-21(14,2)17(16)7-9-22(18,3)20(13)19(25)12-23/h8,24,26,28-31,35,45H,4-7,9-23,25H2,1-3H3;4,13,15-18,20,24H,5-12H2,1-3H3/t26-,28+,29-,30+,31+,35-,37+,38+;13-,15+,16-,17+,18+,20-,21+,22+/m11/s1. The minimum absolute atomic E-state index is 0.119. The molecule has 10 nitrogen and oxygen atoms in total. The molecule has 3 saturated heterocycles. The zero-order valence-corrected chi connectivity index (χ0v) is 46.9. The van der Waals surface area contributed by atoms with Crippen LogP contribution in [0.15, 0.2) is 29.4 Å². The first-order valence-corrected chi connectivity index (χ1v) is 30.8. The van der Waals surface area contributed by atoms with E-state index in [9.17, 15) is 19.8 Å². The Hall–Kier alpha value is -2.09. The predicted octanol–water partition coefficient (Wildman–Crippen LogP) is 10.7. The normalized spacial score (nSPS) is 44.0. The predicted molar refractivity (Wildman–Crippen MR) is 294 cm³/mol. The molecule has 71 heavy (non-hydrogen) atoms. The van der Waals surface area contributed by atoms with Crippen LogP contribution >= 0.6 is 22.6 Å². The Morgan fingerprint density at radius 1 is 0.606 bits per heavy atom. The number of alkyl halides is 1. The average molecular weight is 1090 g/mol. The second-order valence-electron chi connectivity index (χ2n) is 26.9. The van der Waals surface area contributed by atoms with Crippen molar-refractivity contribution in [1.82, 2.24) is 14.9 Å². The van der Waals surface area contributed by atoms with E-state index in [0.29, 0.717) is 63.5 Å². The van der Waals surface area contributed by atoms with Crippen LogP contribution in [0.25, 0.3) is 0 Å². The molecule has 6 saturated carbocycles. The summed E-state index contributed by atoms with van der Waals surface area (Å²) in [4.78, 5) is 46.8. The lowest BCUT2D eigenvalue weighted by Crippen LogP contribution is -2.53. The minimum Gasteiger partial charge on any atom is -0.393 e. The Kier molecular flexibility index (Phi) is 14.2. The van der Waals surface area contributed by atoms with Crippen LogP contribution in [0, 0.1) is 80.8 Å². The van der Waals surface area contributed by atoms with Gasteiger partial charge >= 0.3 is 0 Å². The molecule has 3 aliphatic heterocycles. The Bertz CT molecular complexity index is 2180. The summed E-state index contributed by atoms with van der Waals surface area (Å²) in [5.74, 6) is 9.78. The summed E-state index contributed by atoms with van der Waals surface area (Å²) in [6, 6.07) is 2.22. The number of anilines is 3. The van der Waals surface area contributed by atoms with Crippen molar-refractivity contribution in [3.8, 4) is 0 Å². The maximum atomic E-state index is 14.3. The van der Waals surface area contributed by atoms with Crippen molar-refractivity contribution in [2.75, 3.05) is 78.0 Å². The van der Waals surface area contributed by atoms with Crippen LogP contribution in [0.1, 0.15) is 157 Å². The van der Waals surface area contributed by atoms with Gasteiger partial charge in [0.1, 0.15) is 17.4 Å². The molecule has 0 bridgehead atoms. The van der Waals surface area contributed by atoms with Gasteiger partial charge in [0.25, 0.3) is 0 Å². The van der Waals surface area contributed by atoms with Gasteiger partial charge < -0.3 is 24.9 Å². The number of aromatic nitrogens is 2. The molecule has 11 heteroatoms. The van der Waals surface area contributed by atoms with E-state index >= 15 is 0 Å². The number of aliphatic hydroxyl groups excluding tert-OH is 2. The number of piperazine rings is 1. The number of nitrogens with zero attached hydrogens (tertiary/aromatic N) is 6. The summed E-state index contributed by atoms with van der Waals surface area (Å²) >= 11 is 2.27. The number of hydrogen-bond donors (Lipinski definition) is 2. The summed E-state index contributed by atoms with van der Waals surface area (Å²) in [5.41, 5.74) is 3.98. The molecule has 0 aromatic carbocycles. The molecule has 2 N–H and O–H groups in total. The zero-order chi connectivity index (χ0) is 49.6. The van der Waals surface area contributed by atoms with E-state index in [-0.39, 0.29) is 40.3 Å². The zero-order valence-electron chi connectivity index (χ0n) is 44.7. The topological polar surface area (TPSA) is 113 Å². The van der Waals surface area contributed by atoms with Gasteiger partial charge in [0, 0.05) is 70.3 Å². The second kappa shape index (κ2) is 19.8. The molecule has 0 unspecified atom stereocenters. The molecule has 8 aliphatic carbocycles. The number of carbonyl (C=O) groups is 2. The fourth-order valence-electron chi connectivity index (χ4n) is 19.7. The van der Waals surface area contributed by atoms with E-state index in [1.54, 1.807) is 5.57 Å². The highest BCUT2D eigenvalue weighted by Crippen LogP contribution is 2.69. The van der Waals surface area contributed by atoms with E-state index in [0.717, 1.165) is 127 Å². The lowest BCUT2D eigenvalue weighted by molar-refractivity contribution is -0.132. The van der Waals surface area contributed by atoms with E-state index in [4.69, 9.17) is 9.97 Å². The lowest BCUT2D eigenvalue weighted by atomic mass is 9.47. The van der Waals surface area contributed by atoms with Gasteiger partial charge in [-0.15, -0.1) is 0 Å². The molecule has 0 spiro atoms. The van der Waals surface area contributed by atoms with E-state index in [1.165, 1.54) is 76.2 Å². The summed E-state index contributed by atoms with van der Waals surface area (Å²) in [7, 11) is 0. The average Bonchev–Trinajstić information content (AvgIpc) is 4.18. The number of carbonyl (C=O) groups excluding carboxylic acids is 2. The first-order chi connectivity index (χ1) is 34.0. The molecule has 1 aromatic heterocycles. The first kappa shape index (κ1) is 51.0. The Labute approximate surface area is 441 Å². The summed E-state index contributed by atoms with van der Waals surface area (Å²) < 4.78 is 0.669. The van der Waals surface area contributed by atoms with Crippen molar-refractivity contribution in [3.05, 3.63) is 29.4 Å². The monoisotopic (exact) mass is 1090 g/mol. The molecular formula is C60H91IN6O4. The molecule has 0 radical (unpaired) electrons. The maximum Gasteiger partial charge on any atom is 0.229 e. The van der Waals surface area contributed by atoms with Crippen LogP contribution < -0.4 is 14.7 Å². The van der Waals surface area contributed by atoms with Gasteiger partial charge in [-0.2, -0.15) is 9.97 Å². The van der Waals surface area contributed by atoms with Crippen molar-refractivity contribution in [1.29, 1.82) is 0 Å². The third-order valence-electron chi connectivity index (χ3n) is 23.2. The molecule has 12 rings (SSSR count). The molecule has 392 valence electrons. The third-order valence-corrected chi connectivity index (χ3v) is 24.0. The van der Waals surface area contributed by atoms with Crippen molar-refractivity contribution >= 4 is 51.7 Å². The third kappa shape index (κ3) is 8.92. The maximum absolute atomic E-state index is 14.3. The van der Waals surface area contributed by atoms with Gasteiger partial charge in [-0.3, -0.25) is 14.5 Å². The Morgan fingerprint density at radius 3 is 1.54 bits per heavy atom. The van der Waals surface area contributed by atoms with Gasteiger partial charge in [0.15, 0.2) is 5.78 Å². The number of ketones is 2. The summed E-state index contributed by atoms with van der Waals surface area (Å²) in [5, 5.41) is 20.5. The number of halogens is 1. The lowest BCUT2D eigenvalue weighted by Gasteiger charge is -2.58. The first-order valence-electron chi connectivity index (χ1n) is 29.3. The van der Waals surface area contributed by atoms with Crippen LogP contribution in [0.2, 0.25) is 0 Å². The largest absolute Gasteiger partial charge is 0.393 e. The van der Waals surface area contributed by atoms with Crippen molar-refractivity contribution in [2.45, 2.75) is 169 Å². The number of aliphatic hydroxyl groups is 2. The quantitative estimate of drug-likeness (QED) is 0.148. The van der Waals surface area contributed by atoms with Gasteiger partial charge in [0.2, 0.25) is 5.95 Å². The van der Waals surface area contributed by atoms with E-state index in [1.807, 2.05) is 0 Å². The molecule has 0 amide bonds. The van der Waals surface area contributed by atoms with Gasteiger partial charge in [-0.25, -0.2) is 0 Å². The van der Waals surface area contributed by atoms with E-state index in [2.05, 4.69) is 102 Å². The number of rotatable bonds is 8. The van der Waals surface area contributed by atoms with Crippen LogP contribution in [0.3, 0.4) is 0 Å². The number of allylic oxidation sites excluding steroid dienone is 2. The van der Waals surface area contributed by atoms with Crippen LogP contribution in [-0.2, 0) is 9.59 Å². The van der Waals surface area contributed by atoms with Crippen LogP contribution in [0.4, 0.5) is 17.6 Å². The fourth-order valence-corrected chi connectivity index (χ4v) is 20.1. The molecule has 1 aromatic rings. The molecule has 9 fully saturated rings. The van der Waals surface area contributed by atoms with Crippen LogP contribution in [-0.4, -0.2) is 112 Å². The SMILES string of the molecule is C[C@@H]1C[C@H]2[C@@H]3CC=C4C[C@@H](O)CC[C@]4(C)[C@H]3CC[C@]2(C)[C@H]1C(=O)CI.C[C@@H]1C[C@H]2[C@@H]3CC=C4C[C@@H](O)CC[C@]4(C)[C@H]3CC[C@]2(C)[C@H]1C(=O)CN1CCN(c2cc(N3CCCC3)nc(N3CCCC3)n2)CC1. The van der Waals surface area contributed by atoms with Gasteiger partial charge in [-0.05, 0) is 185 Å². The molecular weight excluding hydrogens is 996 g/mol. The van der Waals surface area contributed by atoms with E-state index < -0.39 is 0 Å². The van der Waals surface area contributed by atoms with Crippen LogP contribution in [0.5, 0.6) is 0 Å². The summed E-state index contributed by atoms with van der Waals surface area (Å²) in [6.45, 7) is 23.2. The number of Topliss-reactive ketones (excluding diaryl/α,β-unsaturated/α-hetero) is 2. The number of hydrogen-bond acceptors (Lipinski definition) is 10. The Balaban J connectivity index is 0.000000184. The highest BCUT2D eigenvalue weighted by Gasteiger charge is 2.63. The van der Waals surface area contributed by atoms with Crippen molar-refractivity contribution in [3.63, 3.8) is 0 Å². The smallest absolute Gasteiger partial charge is 0.229 e. The highest BCUT2D eigenvalue weighted by atomic mass is 127. The van der Waals surface area contributed by atoms with Crippen molar-refractivity contribution in [2.24, 2.45) is 80.8 Å². The van der Waals surface area contributed by atoms with Gasteiger partial charge in [0.05, 0.1) is 23.2 Å². The number of fused-ring (bicyclic) bond motifs is 10. The molecule has 11 aliphatic rings. The van der Waals surface area contributed by atoms with Crippen molar-refractivity contribution < 1.29 is 19.8 Å².